The summed E-state index contributed by atoms with van der Waals surface area (Å²) in [5.74, 6) is -2.20. The number of carbonyl (C=O) groups is 3. The summed E-state index contributed by atoms with van der Waals surface area (Å²) in [4.78, 5) is 32.8. The summed E-state index contributed by atoms with van der Waals surface area (Å²) in [5, 5.41) is 18.6. The average molecular weight is 245 g/mol. The quantitative estimate of drug-likeness (QED) is 0.482. The lowest BCUT2D eigenvalue weighted by Crippen LogP contribution is -2.39. The lowest BCUT2D eigenvalue weighted by atomic mass is 9.84. The molecule has 1 atom stereocenters. The smallest absolute Gasteiger partial charge is 0.284 e. The van der Waals surface area contributed by atoms with Crippen molar-refractivity contribution >= 4 is 17.5 Å². The predicted molar refractivity (Wildman–Crippen MR) is 59.9 cm³/mol. The van der Waals surface area contributed by atoms with E-state index in [1.165, 1.54) is 0 Å². The minimum absolute atomic E-state index is 0.0242. The molecule has 0 radical (unpaired) electrons. The third-order valence-electron chi connectivity index (χ3n) is 2.55. The number of hydrogen-bond donors (Lipinski definition) is 3. The second kappa shape index (κ2) is 6.46. The van der Waals surface area contributed by atoms with E-state index >= 15 is 0 Å². The minimum Gasteiger partial charge on any atom is -0.396 e. The Labute approximate surface area is 99.8 Å². The Morgan fingerprint density at radius 2 is 1.76 bits per heavy atom. The number of amides is 1. The van der Waals surface area contributed by atoms with Crippen LogP contribution in [0.1, 0.15) is 33.1 Å². The highest BCUT2D eigenvalue weighted by Gasteiger charge is 2.32. The number of aliphatic hydroxyl groups is 2. The molecule has 0 saturated carbocycles. The second-order valence-electron chi connectivity index (χ2n) is 4.66. The van der Waals surface area contributed by atoms with Crippen LogP contribution in [0.3, 0.4) is 0 Å². The first-order chi connectivity index (χ1) is 7.72. The van der Waals surface area contributed by atoms with E-state index in [1.54, 1.807) is 13.8 Å². The van der Waals surface area contributed by atoms with Gasteiger partial charge in [0.05, 0.1) is 6.61 Å². The highest BCUT2D eigenvalue weighted by molar-refractivity contribution is 6.35. The van der Waals surface area contributed by atoms with Crippen LogP contribution in [0, 0.1) is 5.41 Å². The predicted octanol–water partition coefficient (Wildman–Crippen LogP) is -0.840. The molecule has 0 unspecified atom stereocenters. The lowest BCUT2D eigenvalue weighted by molar-refractivity contribution is -0.137. The fraction of sp³-hybridized carbons (Fsp3) is 0.727. The Kier molecular flexibility index (Phi) is 5.98. The number of hydrogen-bond acceptors (Lipinski definition) is 5. The van der Waals surface area contributed by atoms with Crippen LogP contribution >= 0.6 is 0 Å². The first-order valence-corrected chi connectivity index (χ1v) is 5.36. The third-order valence-corrected chi connectivity index (χ3v) is 2.55. The molecule has 0 aromatic rings. The van der Waals surface area contributed by atoms with Gasteiger partial charge in [0.25, 0.3) is 5.91 Å². The van der Waals surface area contributed by atoms with Gasteiger partial charge < -0.3 is 15.9 Å². The first-order valence-electron chi connectivity index (χ1n) is 5.36. The average Bonchev–Trinajstić information content (AvgIpc) is 2.27. The van der Waals surface area contributed by atoms with Gasteiger partial charge in [-0.1, -0.05) is 13.8 Å². The van der Waals surface area contributed by atoms with Gasteiger partial charge in [-0.05, 0) is 6.42 Å². The molecule has 0 spiro atoms. The Balaban J connectivity index is 4.12. The van der Waals surface area contributed by atoms with Gasteiger partial charge in [-0.25, -0.2) is 0 Å². The Morgan fingerprint density at radius 3 is 2.18 bits per heavy atom. The second-order valence-corrected chi connectivity index (χ2v) is 4.66. The topological polar surface area (TPSA) is 118 Å². The summed E-state index contributed by atoms with van der Waals surface area (Å²) in [7, 11) is 0. The van der Waals surface area contributed by atoms with E-state index in [2.05, 4.69) is 0 Å². The highest BCUT2D eigenvalue weighted by atomic mass is 16.3. The molecule has 0 aliphatic rings. The van der Waals surface area contributed by atoms with Gasteiger partial charge in [0.15, 0.2) is 5.78 Å². The largest absolute Gasteiger partial charge is 0.396 e. The van der Waals surface area contributed by atoms with Gasteiger partial charge in [0.2, 0.25) is 5.78 Å². The molecule has 6 heteroatoms. The van der Waals surface area contributed by atoms with Crippen LogP contribution < -0.4 is 5.73 Å². The van der Waals surface area contributed by atoms with E-state index in [9.17, 15) is 19.5 Å². The maximum Gasteiger partial charge on any atom is 0.284 e. The van der Waals surface area contributed by atoms with Crippen LogP contribution in [0.2, 0.25) is 0 Å². The number of nitrogens with two attached hydrogens (primary N) is 1. The molecule has 0 bridgehead atoms. The molecule has 1 amide bonds. The standard InChI is InChI=1S/C11H19NO5/c1-11(2,6-13)9(16)7(14)4-3-5-8(15)10(12)17/h9,13,16H,3-6H2,1-2H3,(H2,12,17)/t9-/m0/s1. The van der Waals surface area contributed by atoms with Crippen molar-refractivity contribution in [2.45, 2.75) is 39.2 Å². The van der Waals surface area contributed by atoms with Crippen molar-refractivity contribution in [2.24, 2.45) is 11.1 Å². The molecule has 0 aromatic carbocycles. The van der Waals surface area contributed by atoms with Gasteiger partial charge >= 0.3 is 0 Å². The van der Waals surface area contributed by atoms with E-state index in [4.69, 9.17) is 10.8 Å². The van der Waals surface area contributed by atoms with Crippen LogP contribution in [0.5, 0.6) is 0 Å². The summed E-state index contributed by atoms with van der Waals surface area (Å²) in [6.45, 7) is 2.80. The molecule has 0 heterocycles. The number of primary amides is 1. The molecule has 0 rings (SSSR count). The normalized spacial score (nSPS) is 13.2. The van der Waals surface area contributed by atoms with Crippen LogP contribution in [-0.4, -0.2) is 40.4 Å². The lowest BCUT2D eigenvalue weighted by Gasteiger charge is -2.26. The van der Waals surface area contributed by atoms with Crippen LogP contribution in [-0.2, 0) is 14.4 Å². The zero-order chi connectivity index (χ0) is 13.6. The van der Waals surface area contributed by atoms with Crippen molar-refractivity contribution < 1.29 is 24.6 Å². The van der Waals surface area contributed by atoms with Crippen LogP contribution in [0.4, 0.5) is 0 Å². The van der Waals surface area contributed by atoms with Crippen LogP contribution in [0.25, 0.3) is 0 Å². The summed E-state index contributed by atoms with van der Waals surface area (Å²) >= 11 is 0. The third kappa shape index (κ3) is 5.06. The van der Waals surface area contributed by atoms with Crippen molar-refractivity contribution in [1.29, 1.82) is 0 Å². The van der Waals surface area contributed by atoms with Crippen molar-refractivity contribution in [1.82, 2.24) is 0 Å². The van der Waals surface area contributed by atoms with Gasteiger partial charge in [-0.3, -0.25) is 14.4 Å². The molecule has 0 aliphatic carbocycles. The minimum atomic E-state index is -1.28. The highest BCUT2D eigenvalue weighted by Crippen LogP contribution is 2.21. The van der Waals surface area contributed by atoms with Crippen LogP contribution in [0.15, 0.2) is 0 Å². The maximum atomic E-state index is 11.5. The number of carbonyl (C=O) groups excluding carboxylic acids is 3. The zero-order valence-corrected chi connectivity index (χ0v) is 10.1. The number of aliphatic hydroxyl groups excluding tert-OH is 2. The summed E-state index contributed by atoms with van der Waals surface area (Å²) in [6, 6.07) is 0. The Hall–Kier alpha value is -1.27. The molecule has 6 nitrogen and oxygen atoms in total. The Bertz CT molecular complexity index is 311. The van der Waals surface area contributed by atoms with Gasteiger partial charge in [-0.15, -0.1) is 0 Å². The molecule has 4 N–H and O–H groups in total. The van der Waals surface area contributed by atoms with E-state index < -0.39 is 29.0 Å². The van der Waals surface area contributed by atoms with Crippen molar-refractivity contribution in [3.05, 3.63) is 0 Å². The van der Waals surface area contributed by atoms with E-state index in [1.807, 2.05) is 0 Å². The number of Topliss-reactive ketones (excluding diaryl/α,β-unsaturated/α-hetero) is 2. The maximum absolute atomic E-state index is 11.5. The molecule has 0 aromatic heterocycles. The Morgan fingerprint density at radius 1 is 1.24 bits per heavy atom. The van der Waals surface area contributed by atoms with Crippen molar-refractivity contribution in [2.75, 3.05) is 6.61 Å². The van der Waals surface area contributed by atoms with Gasteiger partial charge in [0, 0.05) is 18.3 Å². The zero-order valence-electron chi connectivity index (χ0n) is 10.1. The molecule has 0 aliphatic heterocycles. The molecule has 0 saturated heterocycles. The van der Waals surface area contributed by atoms with Gasteiger partial charge in [-0.2, -0.15) is 0 Å². The molecular weight excluding hydrogens is 226 g/mol. The molecule has 98 valence electrons. The fourth-order valence-electron chi connectivity index (χ4n) is 1.21. The SMILES string of the molecule is CC(C)(CO)[C@@H](O)C(=O)CCCC(=O)C(N)=O. The summed E-state index contributed by atoms with van der Waals surface area (Å²) in [6.07, 6.45) is -1.24. The molecule has 0 fully saturated rings. The van der Waals surface area contributed by atoms with E-state index in [0.29, 0.717) is 0 Å². The van der Waals surface area contributed by atoms with E-state index in [-0.39, 0.29) is 25.9 Å². The van der Waals surface area contributed by atoms with E-state index in [0.717, 1.165) is 0 Å². The molecule has 17 heavy (non-hydrogen) atoms. The summed E-state index contributed by atoms with van der Waals surface area (Å²) in [5.41, 5.74) is 3.84. The molecular formula is C11H19NO5. The summed E-state index contributed by atoms with van der Waals surface area (Å²) < 4.78 is 0. The number of ketones is 2. The van der Waals surface area contributed by atoms with Gasteiger partial charge in [0.1, 0.15) is 6.10 Å². The van der Waals surface area contributed by atoms with Crippen molar-refractivity contribution in [3.63, 3.8) is 0 Å². The first kappa shape index (κ1) is 15.7. The fourth-order valence-corrected chi connectivity index (χ4v) is 1.21. The van der Waals surface area contributed by atoms with Crippen molar-refractivity contribution in [3.8, 4) is 0 Å². The number of rotatable bonds is 8. The monoisotopic (exact) mass is 245 g/mol.